The second-order valence-electron chi connectivity index (χ2n) is 8.47. The fraction of sp³-hybridized carbons (Fsp3) is 0.0667. The maximum absolute atomic E-state index is 6.68. The van der Waals surface area contributed by atoms with Crippen molar-refractivity contribution in [1.82, 2.24) is 0 Å². The first-order valence-corrected chi connectivity index (χ1v) is 11.9. The Hall–Kier alpha value is -3.91. The first-order chi connectivity index (χ1) is 16.7. The smallest absolute Gasteiger partial charge is 0.178 e. The van der Waals surface area contributed by atoms with Gasteiger partial charge in [-0.1, -0.05) is 134 Å². The predicted molar refractivity (Wildman–Crippen MR) is 150 cm³/mol. The zero-order valence-corrected chi connectivity index (χ0v) is 19.5. The van der Waals surface area contributed by atoms with Crippen LogP contribution in [0.4, 0.5) is 0 Å². The summed E-state index contributed by atoms with van der Waals surface area (Å²) in [6, 6.07) is 41.6. The van der Waals surface area contributed by atoms with Crippen LogP contribution in [-0.2, 0) is 0 Å². The molecular weight excluding hydrogens is 410 g/mol. The molecule has 4 aromatic rings. The summed E-state index contributed by atoms with van der Waals surface area (Å²) in [6.07, 6.45) is 1.96. The van der Waals surface area contributed by atoms with Crippen molar-refractivity contribution >= 4 is 25.7 Å². The first-order valence-electron chi connectivity index (χ1n) is 11.9. The molecule has 0 saturated heterocycles. The second kappa shape index (κ2) is 11.8. The third kappa shape index (κ3) is 5.90. The molecule has 0 radical (unpaired) electrons. The van der Waals surface area contributed by atoms with Gasteiger partial charge in [-0.2, -0.15) is 0 Å². The van der Waals surface area contributed by atoms with Crippen LogP contribution in [0, 0.1) is 0 Å². The van der Waals surface area contributed by atoms with Crippen molar-refractivity contribution in [2.24, 2.45) is 11.5 Å². The van der Waals surface area contributed by atoms with Crippen LogP contribution in [-0.4, -0.2) is 14.6 Å². The van der Waals surface area contributed by atoms with Crippen molar-refractivity contribution in [3.05, 3.63) is 155 Å². The van der Waals surface area contributed by atoms with Gasteiger partial charge in [0, 0.05) is 0 Å². The van der Waals surface area contributed by atoms with Crippen molar-refractivity contribution in [2.45, 2.75) is 12.6 Å². The van der Waals surface area contributed by atoms with E-state index in [4.69, 9.17) is 11.5 Å². The van der Waals surface area contributed by atoms with E-state index in [2.05, 4.69) is 97.1 Å². The van der Waals surface area contributed by atoms with Crippen LogP contribution in [0.25, 0.3) is 11.1 Å². The fourth-order valence-electron chi connectivity index (χ4n) is 4.38. The Balaban J connectivity index is 1.51. The Labute approximate surface area is 204 Å². The normalized spacial score (nSPS) is 10.2. The molecule has 0 spiro atoms. The predicted octanol–water partition coefficient (Wildman–Crippen LogP) is 5.45. The molecule has 4 rings (SSSR count). The van der Waals surface area contributed by atoms with Gasteiger partial charge < -0.3 is 11.5 Å². The van der Waals surface area contributed by atoms with Gasteiger partial charge in [0.1, 0.15) is 0 Å². The zero-order valence-electron chi connectivity index (χ0n) is 19.5. The summed E-state index contributed by atoms with van der Waals surface area (Å²) in [5, 5.41) is 0. The highest BCUT2D eigenvalue weighted by Gasteiger charge is 2.12. The highest BCUT2D eigenvalue weighted by molar-refractivity contribution is 6.53. The molecular formula is C30H30B2N2. The van der Waals surface area contributed by atoms with Crippen LogP contribution in [0.3, 0.4) is 0 Å². The van der Waals surface area contributed by atoms with Gasteiger partial charge >= 0.3 is 0 Å². The standard InChI is InChI=1S/C30H30B2N2/c33-29(27(23-13-5-1-6-14-23)24-15-7-2-8-16-24)31-21-22-32-30(34)28(25-17-9-3-10-18-25)26-19-11-4-12-20-26/h1-20,31-32H,21-22,33-34H2. The van der Waals surface area contributed by atoms with Gasteiger partial charge in [0.2, 0.25) is 0 Å². The molecule has 4 aromatic carbocycles. The van der Waals surface area contributed by atoms with Crippen molar-refractivity contribution < 1.29 is 0 Å². The second-order valence-corrected chi connectivity index (χ2v) is 8.47. The van der Waals surface area contributed by atoms with Crippen molar-refractivity contribution in [1.29, 1.82) is 0 Å². The average Bonchev–Trinajstić information content (AvgIpc) is 2.89. The fourth-order valence-corrected chi connectivity index (χ4v) is 4.38. The minimum absolute atomic E-state index is 0.832. The van der Waals surface area contributed by atoms with Crippen LogP contribution in [0.1, 0.15) is 22.3 Å². The lowest BCUT2D eigenvalue weighted by atomic mass is 9.57. The van der Waals surface area contributed by atoms with E-state index in [9.17, 15) is 0 Å². The quantitative estimate of drug-likeness (QED) is 0.269. The summed E-state index contributed by atoms with van der Waals surface area (Å²) in [6.45, 7) is 0. The molecule has 0 unspecified atom stereocenters. The first kappa shape index (κ1) is 23.3. The lowest BCUT2D eigenvalue weighted by Gasteiger charge is -2.14. The van der Waals surface area contributed by atoms with E-state index in [0.717, 1.165) is 71.8 Å². The van der Waals surface area contributed by atoms with Gasteiger partial charge in [0.25, 0.3) is 0 Å². The highest BCUT2D eigenvalue weighted by Crippen LogP contribution is 2.27. The van der Waals surface area contributed by atoms with E-state index >= 15 is 0 Å². The number of hydrogen-bond acceptors (Lipinski definition) is 2. The van der Waals surface area contributed by atoms with E-state index in [1.54, 1.807) is 0 Å². The Morgan fingerprint density at radius 2 is 0.647 bits per heavy atom. The molecule has 166 valence electrons. The number of rotatable bonds is 9. The SMILES string of the molecule is NC(BCCBC(N)=C(c1ccccc1)c1ccccc1)=C(c1ccccc1)c1ccccc1. The molecule has 0 amide bonds. The van der Waals surface area contributed by atoms with Crippen molar-refractivity contribution in [3.63, 3.8) is 0 Å². The van der Waals surface area contributed by atoms with E-state index in [1.807, 2.05) is 24.3 Å². The van der Waals surface area contributed by atoms with Gasteiger partial charge in [-0.25, -0.2) is 0 Å². The topological polar surface area (TPSA) is 52.0 Å². The monoisotopic (exact) mass is 440 g/mol. The number of benzene rings is 4. The molecule has 2 nitrogen and oxygen atoms in total. The molecule has 0 heterocycles. The lowest BCUT2D eigenvalue weighted by molar-refractivity contribution is 1.36. The maximum atomic E-state index is 6.68. The van der Waals surface area contributed by atoms with Crippen LogP contribution in [0.5, 0.6) is 0 Å². The van der Waals surface area contributed by atoms with Gasteiger partial charge in [-0.3, -0.25) is 0 Å². The summed E-state index contributed by atoms with van der Waals surface area (Å²) in [7, 11) is 1.66. The third-order valence-electron chi connectivity index (χ3n) is 6.03. The summed E-state index contributed by atoms with van der Waals surface area (Å²) >= 11 is 0. The molecule has 4 heteroatoms. The Kier molecular flexibility index (Phi) is 8.08. The highest BCUT2D eigenvalue weighted by atomic mass is 14.5. The lowest BCUT2D eigenvalue weighted by Crippen LogP contribution is -2.14. The molecule has 0 aliphatic rings. The van der Waals surface area contributed by atoms with Crippen LogP contribution < -0.4 is 11.5 Å². The van der Waals surface area contributed by atoms with Crippen LogP contribution in [0.2, 0.25) is 12.6 Å². The van der Waals surface area contributed by atoms with Crippen molar-refractivity contribution in [3.8, 4) is 0 Å². The Bertz CT molecular complexity index is 1050. The van der Waals surface area contributed by atoms with E-state index < -0.39 is 0 Å². The molecule has 0 saturated carbocycles. The average molecular weight is 440 g/mol. The van der Waals surface area contributed by atoms with Gasteiger partial charge in [-0.05, 0) is 44.6 Å². The van der Waals surface area contributed by atoms with Crippen LogP contribution >= 0.6 is 0 Å². The molecule has 34 heavy (non-hydrogen) atoms. The van der Waals surface area contributed by atoms with Gasteiger partial charge in [0.05, 0.1) is 0 Å². The summed E-state index contributed by atoms with van der Waals surface area (Å²) < 4.78 is 0. The zero-order chi connectivity index (χ0) is 23.6. The molecule has 0 aliphatic heterocycles. The minimum Gasteiger partial charge on any atom is -0.409 e. The Morgan fingerprint density at radius 1 is 0.412 bits per heavy atom. The van der Waals surface area contributed by atoms with Gasteiger partial charge in [-0.15, -0.1) is 0 Å². The van der Waals surface area contributed by atoms with Crippen LogP contribution in [0.15, 0.2) is 133 Å². The van der Waals surface area contributed by atoms with E-state index in [0.29, 0.717) is 0 Å². The largest absolute Gasteiger partial charge is 0.409 e. The summed E-state index contributed by atoms with van der Waals surface area (Å²) in [5.74, 6) is 0. The molecule has 0 aromatic heterocycles. The minimum atomic E-state index is 0.832. The van der Waals surface area contributed by atoms with Crippen molar-refractivity contribution in [2.75, 3.05) is 0 Å². The molecule has 0 atom stereocenters. The van der Waals surface area contributed by atoms with E-state index in [-0.39, 0.29) is 0 Å². The Morgan fingerprint density at radius 3 is 0.882 bits per heavy atom. The number of hydrogen-bond donors (Lipinski definition) is 2. The van der Waals surface area contributed by atoms with E-state index in [1.165, 1.54) is 0 Å². The molecule has 0 fully saturated rings. The molecule has 0 bridgehead atoms. The third-order valence-corrected chi connectivity index (χ3v) is 6.03. The number of nitrogens with two attached hydrogens (primary N) is 2. The van der Waals surface area contributed by atoms with Gasteiger partial charge in [0.15, 0.2) is 14.6 Å². The molecule has 0 aliphatic carbocycles. The molecule has 4 N–H and O–H groups in total. The summed E-state index contributed by atoms with van der Waals surface area (Å²) in [5.41, 5.74) is 22.1. The maximum Gasteiger partial charge on any atom is 0.178 e. The summed E-state index contributed by atoms with van der Waals surface area (Å²) in [4.78, 5) is 0.